The molecule has 1 saturated heterocycles. The average Bonchev–Trinajstić information content (AvgIpc) is 2.03. The molecule has 1 aliphatic carbocycles. The van der Waals surface area contributed by atoms with Gasteiger partial charge in [-0.3, -0.25) is 4.79 Å². The van der Waals surface area contributed by atoms with Crippen molar-refractivity contribution in [2.45, 2.75) is 31.7 Å². The van der Waals surface area contributed by atoms with E-state index in [1.165, 1.54) is 4.90 Å². The summed E-state index contributed by atoms with van der Waals surface area (Å²) in [4.78, 5) is 13.1. The van der Waals surface area contributed by atoms with Crippen molar-refractivity contribution in [2.75, 3.05) is 13.1 Å². The number of aliphatic hydroxyl groups excluding tert-OH is 1. The fourth-order valence-electron chi connectivity index (χ4n) is 1.90. The lowest BCUT2D eigenvalue weighted by Crippen LogP contribution is -2.58. The second kappa shape index (κ2) is 4.02. The number of rotatable bonds is 3. The number of aliphatic hydroxyl groups is 1. The third kappa shape index (κ3) is 2.26. The van der Waals surface area contributed by atoms with E-state index < -0.39 is 12.7 Å². The smallest absolute Gasteiger partial charge is 0.345 e. The quantitative estimate of drug-likeness (QED) is 0.741. The first-order valence-electron chi connectivity index (χ1n) is 4.96. The highest BCUT2D eigenvalue weighted by molar-refractivity contribution is 5.80. The Labute approximate surface area is 85.8 Å². The van der Waals surface area contributed by atoms with Gasteiger partial charge in [0.25, 0.3) is 0 Å². The molecule has 0 aromatic carbocycles. The maximum Gasteiger partial charge on any atom is 0.345 e. The van der Waals surface area contributed by atoms with E-state index in [1.54, 1.807) is 0 Å². The van der Waals surface area contributed by atoms with Crippen LogP contribution in [0.2, 0.25) is 0 Å². The van der Waals surface area contributed by atoms with Crippen LogP contribution < -0.4 is 0 Å². The number of hydrogen-bond donors (Lipinski definition) is 1. The summed E-state index contributed by atoms with van der Waals surface area (Å²) in [7, 11) is 0. The van der Waals surface area contributed by atoms with Gasteiger partial charge in [0.15, 0.2) is 0 Å². The molecule has 2 aliphatic rings. The predicted octanol–water partition coefficient (Wildman–Crippen LogP) is 0.207. The third-order valence-electron chi connectivity index (χ3n) is 2.92. The minimum atomic E-state index is -2.77. The van der Waals surface area contributed by atoms with Gasteiger partial charge in [-0.05, 0) is 12.8 Å². The topological polar surface area (TPSA) is 49.8 Å². The van der Waals surface area contributed by atoms with Crippen molar-refractivity contribution in [1.82, 2.24) is 4.90 Å². The first kappa shape index (κ1) is 10.8. The predicted molar refractivity (Wildman–Crippen MR) is 46.2 cm³/mol. The Balaban J connectivity index is 1.68. The van der Waals surface area contributed by atoms with E-state index in [0.717, 1.165) is 0 Å². The molecular weight excluding hydrogens is 208 g/mol. The van der Waals surface area contributed by atoms with Crippen LogP contribution in [0.25, 0.3) is 0 Å². The van der Waals surface area contributed by atoms with E-state index >= 15 is 0 Å². The van der Waals surface area contributed by atoms with Crippen molar-refractivity contribution in [1.29, 1.82) is 0 Å². The normalized spacial score (nSPS) is 31.3. The molecule has 0 bridgehead atoms. The molecule has 6 heteroatoms. The van der Waals surface area contributed by atoms with Crippen LogP contribution in [0.4, 0.5) is 8.78 Å². The summed E-state index contributed by atoms with van der Waals surface area (Å²) in [5.74, 6) is -0.165. The van der Waals surface area contributed by atoms with Crippen molar-refractivity contribution in [2.24, 2.45) is 5.92 Å². The van der Waals surface area contributed by atoms with Gasteiger partial charge in [-0.25, -0.2) is 0 Å². The van der Waals surface area contributed by atoms with Gasteiger partial charge in [0.1, 0.15) is 0 Å². The van der Waals surface area contributed by atoms with Crippen LogP contribution in [0.15, 0.2) is 0 Å². The number of carbonyl (C=O) groups excluding carboxylic acids is 1. The van der Waals surface area contributed by atoms with Gasteiger partial charge in [-0.1, -0.05) is 0 Å². The number of alkyl halides is 2. The average molecular weight is 221 g/mol. The van der Waals surface area contributed by atoms with E-state index in [2.05, 4.69) is 4.74 Å². The highest BCUT2D eigenvalue weighted by Gasteiger charge is 2.41. The van der Waals surface area contributed by atoms with Crippen molar-refractivity contribution in [3.63, 3.8) is 0 Å². The number of ether oxygens (including phenoxy) is 1. The molecule has 0 radical (unpaired) electrons. The lowest BCUT2D eigenvalue weighted by molar-refractivity contribution is -0.202. The molecule has 0 aromatic heterocycles. The summed E-state index contributed by atoms with van der Waals surface area (Å²) in [5.41, 5.74) is 0. The molecule has 0 atom stereocenters. The lowest BCUT2D eigenvalue weighted by atomic mass is 9.81. The molecule has 4 nitrogen and oxygen atoms in total. The number of likely N-dealkylation sites (tertiary alicyclic amines) is 1. The van der Waals surface area contributed by atoms with Crippen LogP contribution in [-0.2, 0) is 9.53 Å². The zero-order chi connectivity index (χ0) is 11.0. The van der Waals surface area contributed by atoms with E-state index in [0.29, 0.717) is 12.8 Å². The van der Waals surface area contributed by atoms with Gasteiger partial charge < -0.3 is 14.7 Å². The second-order valence-electron chi connectivity index (χ2n) is 4.08. The van der Waals surface area contributed by atoms with Crippen molar-refractivity contribution in [3.05, 3.63) is 0 Å². The van der Waals surface area contributed by atoms with E-state index in [1.807, 2.05) is 0 Å². The molecule has 15 heavy (non-hydrogen) atoms. The van der Waals surface area contributed by atoms with Gasteiger partial charge >= 0.3 is 6.61 Å². The maximum absolute atomic E-state index is 11.8. The summed E-state index contributed by atoms with van der Waals surface area (Å²) in [5, 5.41) is 9.02. The first-order valence-corrected chi connectivity index (χ1v) is 4.96. The van der Waals surface area contributed by atoms with Crippen LogP contribution in [0.5, 0.6) is 0 Å². The van der Waals surface area contributed by atoms with E-state index in [4.69, 9.17) is 5.11 Å². The van der Waals surface area contributed by atoms with Crippen molar-refractivity contribution >= 4 is 5.91 Å². The van der Waals surface area contributed by atoms with E-state index in [-0.39, 0.29) is 31.0 Å². The zero-order valence-electron chi connectivity index (χ0n) is 8.10. The van der Waals surface area contributed by atoms with Gasteiger partial charge in [0, 0.05) is 19.0 Å². The minimum Gasteiger partial charge on any atom is -0.393 e. The lowest BCUT2D eigenvalue weighted by Gasteiger charge is -2.43. The van der Waals surface area contributed by atoms with Crippen molar-refractivity contribution in [3.8, 4) is 0 Å². The SMILES string of the molecule is O=C(C1CC(O)C1)N1CC(OC(F)F)C1. The minimum absolute atomic E-state index is 0.0468. The molecule has 2 rings (SSSR count). The van der Waals surface area contributed by atoms with Gasteiger partial charge in [0.2, 0.25) is 5.91 Å². The van der Waals surface area contributed by atoms with Gasteiger partial charge in [-0.2, -0.15) is 8.78 Å². The number of hydrogen-bond acceptors (Lipinski definition) is 3. The molecule has 1 amide bonds. The molecule has 0 spiro atoms. The fraction of sp³-hybridized carbons (Fsp3) is 0.889. The molecule has 1 heterocycles. The van der Waals surface area contributed by atoms with Crippen LogP contribution in [0.3, 0.4) is 0 Å². The van der Waals surface area contributed by atoms with Gasteiger partial charge in [-0.15, -0.1) is 0 Å². The molecule has 1 aliphatic heterocycles. The summed E-state index contributed by atoms with van der Waals surface area (Å²) < 4.78 is 27.8. The Bertz CT molecular complexity index is 250. The monoisotopic (exact) mass is 221 g/mol. The van der Waals surface area contributed by atoms with Gasteiger partial charge in [0.05, 0.1) is 12.2 Å². The molecular formula is C9H13F2NO3. The number of nitrogens with zero attached hydrogens (tertiary/aromatic N) is 1. The maximum atomic E-state index is 11.8. The third-order valence-corrected chi connectivity index (χ3v) is 2.92. The molecule has 86 valence electrons. The highest BCUT2D eigenvalue weighted by Crippen LogP contribution is 2.30. The van der Waals surface area contributed by atoms with Crippen LogP contribution >= 0.6 is 0 Å². The molecule has 1 saturated carbocycles. The van der Waals surface area contributed by atoms with Crippen molar-refractivity contribution < 1.29 is 23.4 Å². The van der Waals surface area contributed by atoms with E-state index in [9.17, 15) is 13.6 Å². The van der Waals surface area contributed by atoms with Crippen LogP contribution in [0, 0.1) is 5.92 Å². The fourth-order valence-corrected chi connectivity index (χ4v) is 1.90. The van der Waals surface area contributed by atoms with Crippen LogP contribution in [0.1, 0.15) is 12.8 Å². The summed E-state index contributed by atoms with van der Waals surface area (Å²) in [6.45, 7) is -2.27. The Morgan fingerprint density at radius 3 is 2.47 bits per heavy atom. The standard InChI is InChI=1S/C9H13F2NO3/c10-9(11)15-7-3-12(4-7)8(14)5-1-6(13)2-5/h5-7,9,13H,1-4H2. The first-order chi connectivity index (χ1) is 7.06. The zero-order valence-corrected chi connectivity index (χ0v) is 8.10. The number of carbonyl (C=O) groups is 1. The Kier molecular flexibility index (Phi) is 2.88. The highest BCUT2D eigenvalue weighted by atomic mass is 19.3. The molecule has 0 aromatic rings. The van der Waals surface area contributed by atoms with Crippen LogP contribution in [-0.4, -0.2) is 47.8 Å². The summed E-state index contributed by atoms with van der Waals surface area (Å²) >= 11 is 0. The number of amides is 1. The Morgan fingerprint density at radius 1 is 1.40 bits per heavy atom. The Morgan fingerprint density at radius 2 is 2.00 bits per heavy atom. The summed E-state index contributed by atoms with van der Waals surface area (Å²) in [6.07, 6.45) is 0.0954. The molecule has 0 unspecified atom stereocenters. The summed E-state index contributed by atoms with van der Waals surface area (Å²) in [6, 6.07) is 0. The largest absolute Gasteiger partial charge is 0.393 e. The molecule has 1 N–H and O–H groups in total. The Hall–Kier alpha value is -0.750. The number of halogens is 2. The molecule has 2 fully saturated rings. The second-order valence-corrected chi connectivity index (χ2v) is 4.08.